The summed E-state index contributed by atoms with van der Waals surface area (Å²) in [6.07, 6.45) is 11.8. The Bertz CT molecular complexity index is 464. The van der Waals surface area contributed by atoms with Gasteiger partial charge in [0, 0.05) is 12.8 Å². The molecule has 2 heteroatoms. The summed E-state index contributed by atoms with van der Waals surface area (Å²) in [5, 5.41) is 0. The summed E-state index contributed by atoms with van der Waals surface area (Å²) in [7, 11) is 0. The third-order valence-electron chi connectivity index (χ3n) is 4.28. The highest BCUT2D eigenvalue weighted by atomic mass is 16.5. The molecule has 120 valence electrons. The molecular weight excluding hydrogens is 272 g/mol. The minimum Gasteiger partial charge on any atom is -0.369 e. The van der Waals surface area contributed by atoms with Gasteiger partial charge in [-0.05, 0) is 24.3 Å². The molecule has 0 bridgehead atoms. The van der Waals surface area contributed by atoms with E-state index in [-0.39, 0.29) is 6.10 Å². The van der Waals surface area contributed by atoms with Crippen molar-refractivity contribution in [3.63, 3.8) is 0 Å². The molecule has 0 radical (unpaired) electrons. The average molecular weight is 300 g/mol. The van der Waals surface area contributed by atoms with Crippen molar-refractivity contribution in [2.75, 3.05) is 0 Å². The molecule has 2 rings (SSSR count). The molecule has 1 aromatic rings. The first-order valence-corrected chi connectivity index (χ1v) is 8.63. The Morgan fingerprint density at radius 1 is 1.27 bits per heavy atom. The maximum absolute atomic E-state index is 11.4. The molecule has 0 spiro atoms. The molecule has 0 aliphatic heterocycles. The highest BCUT2D eigenvalue weighted by Crippen LogP contribution is 2.24. The summed E-state index contributed by atoms with van der Waals surface area (Å²) in [6.45, 7) is 2.88. The summed E-state index contributed by atoms with van der Waals surface area (Å²) in [5.74, 6) is 0.837. The average Bonchev–Trinajstić information content (AvgIpc) is 2.96. The molecular formula is C20H28O2. The maximum atomic E-state index is 11.4. The first-order valence-electron chi connectivity index (χ1n) is 8.63. The fourth-order valence-electron chi connectivity index (χ4n) is 2.90. The predicted octanol–water partition coefficient (Wildman–Crippen LogP) is 5.08. The van der Waals surface area contributed by atoms with Gasteiger partial charge >= 0.3 is 0 Å². The zero-order valence-corrected chi connectivity index (χ0v) is 13.7. The Kier molecular flexibility index (Phi) is 7.38. The van der Waals surface area contributed by atoms with Crippen molar-refractivity contribution in [3.05, 3.63) is 48.0 Å². The van der Waals surface area contributed by atoms with Crippen molar-refractivity contribution in [1.29, 1.82) is 0 Å². The molecule has 1 aliphatic carbocycles. The molecule has 0 saturated heterocycles. The monoisotopic (exact) mass is 300 g/mol. The summed E-state index contributed by atoms with van der Waals surface area (Å²) >= 11 is 0. The highest BCUT2D eigenvalue weighted by molar-refractivity contribution is 5.80. The van der Waals surface area contributed by atoms with Gasteiger partial charge < -0.3 is 4.74 Å². The van der Waals surface area contributed by atoms with Crippen LogP contribution >= 0.6 is 0 Å². The van der Waals surface area contributed by atoms with E-state index in [2.05, 4.69) is 31.2 Å². The summed E-state index contributed by atoms with van der Waals surface area (Å²) < 4.78 is 6.09. The third kappa shape index (κ3) is 6.15. The van der Waals surface area contributed by atoms with Crippen LogP contribution in [0.3, 0.4) is 0 Å². The second-order valence-electron chi connectivity index (χ2n) is 6.26. The molecule has 1 aromatic carbocycles. The molecule has 0 N–H and O–H groups in total. The Morgan fingerprint density at radius 3 is 2.77 bits per heavy atom. The number of carbonyl (C=O) groups is 1. The van der Waals surface area contributed by atoms with Gasteiger partial charge in [0.05, 0.1) is 12.7 Å². The molecule has 2 nitrogen and oxygen atoms in total. The topological polar surface area (TPSA) is 26.3 Å². The first-order chi connectivity index (χ1) is 10.8. The molecule has 1 aliphatic rings. The van der Waals surface area contributed by atoms with Crippen LogP contribution < -0.4 is 0 Å². The van der Waals surface area contributed by atoms with Crippen LogP contribution in [0.4, 0.5) is 0 Å². The second kappa shape index (κ2) is 9.58. The van der Waals surface area contributed by atoms with E-state index in [1.807, 2.05) is 18.2 Å². The number of ketones is 1. The number of ether oxygens (including phenoxy) is 1. The lowest BCUT2D eigenvalue weighted by molar-refractivity contribution is -0.117. The van der Waals surface area contributed by atoms with Crippen molar-refractivity contribution in [2.45, 2.75) is 64.6 Å². The lowest BCUT2D eigenvalue weighted by atomic mass is 10.0. The van der Waals surface area contributed by atoms with E-state index in [1.54, 1.807) is 0 Å². The fraction of sp³-hybridized carbons (Fsp3) is 0.550. The van der Waals surface area contributed by atoms with Crippen LogP contribution in [-0.2, 0) is 16.1 Å². The van der Waals surface area contributed by atoms with Crippen LogP contribution in [0.5, 0.6) is 0 Å². The van der Waals surface area contributed by atoms with Crippen LogP contribution in [0.2, 0.25) is 0 Å². The van der Waals surface area contributed by atoms with E-state index >= 15 is 0 Å². The minimum absolute atomic E-state index is 0.169. The zero-order valence-electron chi connectivity index (χ0n) is 13.7. The molecule has 0 amide bonds. The Balaban J connectivity index is 1.84. The van der Waals surface area contributed by atoms with E-state index in [0.717, 1.165) is 25.7 Å². The fourth-order valence-corrected chi connectivity index (χ4v) is 2.90. The van der Waals surface area contributed by atoms with Crippen molar-refractivity contribution in [1.82, 2.24) is 0 Å². The van der Waals surface area contributed by atoms with Crippen molar-refractivity contribution >= 4 is 5.78 Å². The van der Waals surface area contributed by atoms with E-state index in [9.17, 15) is 4.79 Å². The van der Waals surface area contributed by atoms with Crippen molar-refractivity contribution in [2.24, 2.45) is 5.92 Å². The number of rotatable bonds is 9. The van der Waals surface area contributed by atoms with Gasteiger partial charge in [0.2, 0.25) is 0 Å². The van der Waals surface area contributed by atoms with E-state index in [4.69, 9.17) is 4.74 Å². The number of hydrogen-bond acceptors (Lipinski definition) is 2. The molecule has 2 atom stereocenters. The van der Waals surface area contributed by atoms with Gasteiger partial charge in [0.1, 0.15) is 5.78 Å². The smallest absolute Gasteiger partial charge is 0.133 e. The highest BCUT2D eigenvalue weighted by Gasteiger charge is 2.19. The number of benzene rings is 1. The SMILES string of the molecule is CCCCCC(/C=C/C1CCC(=O)C1)OCc1ccccc1. The number of allylic oxidation sites excluding steroid dienone is 1. The summed E-state index contributed by atoms with van der Waals surface area (Å²) in [5.41, 5.74) is 1.22. The number of unbranched alkanes of at least 4 members (excludes halogenated alkanes) is 2. The second-order valence-corrected chi connectivity index (χ2v) is 6.26. The molecule has 22 heavy (non-hydrogen) atoms. The number of hydrogen-bond donors (Lipinski definition) is 0. The van der Waals surface area contributed by atoms with Crippen LogP contribution in [0, 0.1) is 5.92 Å². The van der Waals surface area contributed by atoms with Gasteiger partial charge in [-0.3, -0.25) is 4.79 Å². The normalized spacial score (nSPS) is 19.9. The summed E-state index contributed by atoms with van der Waals surface area (Å²) in [6, 6.07) is 10.3. The number of Topliss-reactive ketones (excluding diaryl/α,β-unsaturated/α-hetero) is 1. The van der Waals surface area contributed by atoms with Crippen LogP contribution in [0.25, 0.3) is 0 Å². The first kappa shape index (κ1) is 17.0. The van der Waals surface area contributed by atoms with Gasteiger partial charge in [-0.2, -0.15) is 0 Å². The van der Waals surface area contributed by atoms with Gasteiger partial charge in [-0.15, -0.1) is 0 Å². The van der Waals surface area contributed by atoms with Gasteiger partial charge in [0.25, 0.3) is 0 Å². The third-order valence-corrected chi connectivity index (χ3v) is 4.28. The lowest BCUT2D eigenvalue weighted by Crippen LogP contribution is -2.10. The van der Waals surface area contributed by atoms with Crippen LogP contribution in [0.15, 0.2) is 42.5 Å². The largest absolute Gasteiger partial charge is 0.369 e. The quantitative estimate of drug-likeness (QED) is 0.469. The van der Waals surface area contributed by atoms with E-state index in [0.29, 0.717) is 18.3 Å². The minimum atomic E-state index is 0.169. The molecule has 0 aromatic heterocycles. The van der Waals surface area contributed by atoms with Gasteiger partial charge in [0.15, 0.2) is 0 Å². The van der Waals surface area contributed by atoms with Gasteiger partial charge in [-0.25, -0.2) is 0 Å². The molecule has 1 fully saturated rings. The van der Waals surface area contributed by atoms with Crippen LogP contribution in [-0.4, -0.2) is 11.9 Å². The number of carbonyl (C=O) groups excluding carboxylic acids is 1. The Labute approximate surface area is 134 Å². The predicted molar refractivity (Wildman–Crippen MR) is 90.6 cm³/mol. The maximum Gasteiger partial charge on any atom is 0.133 e. The van der Waals surface area contributed by atoms with Crippen molar-refractivity contribution < 1.29 is 9.53 Å². The van der Waals surface area contributed by atoms with Crippen molar-refractivity contribution in [3.8, 4) is 0 Å². The lowest BCUT2D eigenvalue weighted by Gasteiger charge is -2.15. The van der Waals surface area contributed by atoms with Crippen LogP contribution in [0.1, 0.15) is 57.4 Å². The molecule has 1 saturated carbocycles. The Hall–Kier alpha value is -1.41. The summed E-state index contributed by atoms with van der Waals surface area (Å²) in [4.78, 5) is 11.4. The molecule has 0 heterocycles. The molecule has 2 unspecified atom stereocenters. The van der Waals surface area contributed by atoms with Gasteiger partial charge in [-0.1, -0.05) is 68.7 Å². The Morgan fingerprint density at radius 2 is 2.09 bits per heavy atom. The standard InChI is InChI=1S/C20H28O2/c1-2-3-5-10-20(14-12-17-11-13-19(21)15-17)22-16-18-8-6-4-7-9-18/h4,6-9,12,14,17,20H,2-3,5,10-11,13,15-16H2,1H3/b14-12+. The van der Waals surface area contributed by atoms with E-state index < -0.39 is 0 Å². The zero-order chi connectivity index (χ0) is 15.6. The van der Waals surface area contributed by atoms with E-state index in [1.165, 1.54) is 24.8 Å².